The van der Waals surface area contributed by atoms with E-state index < -0.39 is 34.6 Å². The predicted molar refractivity (Wildman–Crippen MR) is 128 cm³/mol. The van der Waals surface area contributed by atoms with Gasteiger partial charge in [0.15, 0.2) is 11.6 Å². The number of carbonyl (C=O) groups is 1. The van der Waals surface area contributed by atoms with Crippen LogP contribution in [0.1, 0.15) is 10.4 Å². The van der Waals surface area contributed by atoms with Crippen LogP contribution in [0.15, 0.2) is 54.6 Å². The smallest absolute Gasteiger partial charge is 0.256 e. The Morgan fingerprint density at radius 3 is 2.42 bits per heavy atom. The Morgan fingerprint density at radius 1 is 1.06 bits per heavy atom. The summed E-state index contributed by atoms with van der Waals surface area (Å²) in [6.45, 7) is 0.402. The minimum absolute atomic E-state index is 0.0766. The average Bonchev–Trinajstić information content (AvgIpc) is 2.76. The largest absolute Gasteiger partial charge is 0.508 e. The number of hydrogen-bond donors (Lipinski definition) is 3. The first-order valence-corrected chi connectivity index (χ1v) is 11.0. The fraction of sp³-hybridized carbons (Fsp3) is 0.174. The van der Waals surface area contributed by atoms with Crippen molar-refractivity contribution in [2.24, 2.45) is 0 Å². The van der Waals surface area contributed by atoms with Crippen molar-refractivity contribution in [1.82, 2.24) is 4.90 Å². The number of nitrogens with zero attached hydrogens (tertiary/aromatic N) is 1. The molecule has 1 aliphatic rings. The van der Waals surface area contributed by atoms with Crippen molar-refractivity contribution in [2.45, 2.75) is 5.60 Å². The fourth-order valence-electron chi connectivity index (χ4n) is 3.54. The summed E-state index contributed by atoms with van der Waals surface area (Å²) in [5.74, 6) is -3.59. The van der Waals surface area contributed by atoms with Crippen molar-refractivity contribution in [3.8, 4) is 5.75 Å². The van der Waals surface area contributed by atoms with Gasteiger partial charge in [-0.25, -0.2) is 13.2 Å². The summed E-state index contributed by atoms with van der Waals surface area (Å²) in [6, 6.07) is 12.6. The second-order valence-electron chi connectivity index (χ2n) is 7.88. The number of phenolic OH excluding ortho intramolecular Hbond substituents is 1. The zero-order valence-corrected chi connectivity index (χ0v) is 19.3. The molecule has 0 unspecified atom stereocenters. The third kappa shape index (κ3) is 5.01. The fourth-order valence-corrected chi connectivity index (χ4v) is 3.99. The van der Waals surface area contributed by atoms with Crippen LogP contribution in [0.2, 0.25) is 0 Å². The third-order valence-corrected chi connectivity index (χ3v) is 5.96. The molecule has 3 aromatic rings. The molecule has 33 heavy (non-hydrogen) atoms. The van der Waals surface area contributed by atoms with E-state index in [1.807, 2.05) is 22.6 Å². The highest BCUT2D eigenvalue weighted by Gasteiger charge is 2.49. The van der Waals surface area contributed by atoms with Crippen molar-refractivity contribution in [3.05, 3.63) is 81.2 Å². The van der Waals surface area contributed by atoms with E-state index in [9.17, 15) is 23.1 Å². The van der Waals surface area contributed by atoms with Gasteiger partial charge in [0.1, 0.15) is 11.6 Å². The molecule has 1 aliphatic heterocycles. The molecule has 5 N–H and O–H groups in total. The topological polar surface area (TPSA) is 87.5 Å². The van der Waals surface area contributed by atoms with Crippen LogP contribution >= 0.6 is 22.6 Å². The number of carbonyl (C=O) groups excluding carboxylic acids is 1. The van der Waals surface area contributed by atoms with E-state index in [-0.39, 0.29) is 36.6 Å². The summed E-state index contributed by atoms with van der Waals surface area (Å²) in [5.41, 5.74) is -0.950. The zero-order chi connectivity index (χ0) is 23.8. The standard InChI is InChI=1S/C23H19F3IN3O3/c24-17-7-6-16(21(20(17)26)29-19-8-1-13(27)9-18(19)25)22(32)30-11-23(33,12-30)10-28-14-2-4-15(31)5-3-14/h1-9,28-29,31,33H,10-12H2/p+1. The molecular weight excluding hydrogens is 550 g/mol. The minimum atomic E-state index is -1.29. The Bertz CT molecular complexity index is 1200. The Labute approximate surface area is 201 Å². The first-order chi connectivity index (χ1) is 15.6. The van der Waals surface area contributed by atoms with Gasteiger partial charge in [0, 0.05) is 9.26 Å². The molecule has 0 aromatic heterocycles. The van der Waals surface area contributed by atoms with Crippen molar-refractivity contribution >= 4 is 45.6 Å². The number of rotatable bonds is 6. The molecule has 6 nitrogen and oxygen atoms in total. The maximum atomic E-state index is 14.6. The van der Waals surface area contributed by atoms with Gasteiger partial charge in [-0.15, -0.1) is 0 Å². The summed E-state index contributed by atoms with van der Waals surface area (Å²) in [4.78, 5) is 14.4. The monoisotopic (exact) mass is 570 g/mol. The van der Waals surface area contributed by atoms with Crippen LogP contribution in [-0.2, 0) is 0 Å². The lowest BCUT2D eigenvalue weighted by Crippen LogP contribution is -2.66. The molecule has 172 valence electrons. The summed E-state index contributed by atoms with van der Waals surface area (Å²) in [5, 5.41) is 23.4. The molecule has 0 bridgehead atoms. The number of hydrogen-bond acceptors (Lipinski definition) is 4. The van der Waals surface area contributed by atoms with Gasteiger partial charge in [-0.3, -0.25) is 4.79 Å². The van der Waals surface area contributed by atoms with Gasteiger partial charge in [0.05, 0.1) is 36.6 Å². The van der Waals surface area contributed by atoms with Gasteiger partial charge in [-0.2, -0.15) is 0 Å². The van der Waals surface area contributed by atoms with Crippen LogP contribution in [0, 0.1) is 21.0 Å². The third-order valence-electron chi connectivity index (χ3n) is 5.29. The number of phenols is 1. The number of likely N-dealkylation sites (tertiary alicyclic amines) is 1. The van der Waals surface area contributed by atoms with Crippen LogP contribution < -0.4 is 10.6 Å². The molecule has 3 aromatic carbocycles. The van der Waals surface area contributed by atoms with Crippen LogP contribution in [-0.4, -0.2) is 46.3 Å². The van der Waals surface area contributed by atoms with Gasteiger partial charge in [-0.05, 0) is 77.2 Å². The average molecular weight is 570 g/mol. The first-order valence-electron chi connectivity index (χ1n) is 9.92. The number of benzene rings is 3. The van der Waals surface area contributed by atoms with Gasteiger partial charge in [-0.1, -0.05) is 0 Å². The highest BCUT2D eigenvalue weighted by molar-refractivity contribution is 14.1. The Balaban J connectivity index is 1.48. The molecular formula is C23H20F3IN3O3+. The molecule has 0 radical (unpaired) electrons. The van der Waals surface area contributed by atoms with Crippen molar-refractivity contribution < 1.29 is 28.2 Å². The quantitative estimate of drug-likeness (QED) is 0.236. The van der Waals surface area contributed by atoms with Crippen LogP contribution in [0.4, 0.5) is 30.2 Å². The molecule has 0 spiro atoms. The van der Waals surface area contributed by atoms with Crippen LogP contribution in [0.5, 0.6) is 5.75 Å². The maximum Gasteiger partial charge on any atom is 0.256 e. The Morgan fingerprint density at radius 2 is 1.76 bits per heavy atom. The highest BCUT2D eigenvalue weighted by atomic mass is 127. The number of anilines is 3. The number of aromatic hydroxyl groups is 1. The van der Waals surface area contributed by atoms with Crippen molar-refractivity contribution in [3.63, 3.8) is 0 Å². The zero-order valence-electron chi connectivity index (χ0n) is 17.1. The Hall–Kier alpha value is -2.99. The van der Waals surface area contributed by atoms with E-state index in [1.165, 1.54) is 29.2 Å². The Kier molecular flexibility index (Phi) is 6.39. The van der Waals surface area contributed by atoms with E-state index >= 15 is 0 Å². The normalized spacial score (nSPS) is 14.5. The molecule has 1 amide bonds. The second kappa shape index (κ2) is 9.10. The molecule has 0 atom stereocenters. The highest BCUT2D eigenvalue weighted by Crippen LogP contribution is 2.32. The van der Waals surface area contributed by atoms with E-state index in [4.69, 9.17) is 5.11 Å². The molecule has 1 saturated heterocycles. The van der Waals surface area contributed by atoms with Gasteiger partial charge in [0.25, 0.3) is 5.91 Å². The molecule has 1 fully saturated rings. The molecule has 4 rings (SSSR count). The number of halogens is 4. The first kappa shape index (κ1) is 23.2. The molecule has 10 heteroatoms. The summed E-state index contributed by atoms with van der Waals surface area (Å²) in [7, 11) is 0. The van der Waals surface area contributed by atoms with Crippen LogP contribution in [0.25, 0.3) is 0 Å². The van der Waals surface area contributed by atoms with Gasteiger partial charge < -0.3 is 25.7 Å². The maximum absolute atomic E-state index is 14.6. The van der Waals surface area contributed by atoms with E-state index in [0.717, 1.165) is 17.8 Å². The van der Waals surface area contributed by atoms with Gasteiger partial charge in [0.2, 0.25) is 5.60 Å². The van der Waals surface area contributed by atoms with E-state index in [1.54, 1.807) is 18.2 Å². The van der Waals surface area contributed by atoms with Crippen LogP contribution in [0.3, 0.4) is 0 Å². The summed E-state index contributed by atoms with van der Waals surface area (Å²) < 4.78 is 43.4. The molecule has 1 heterocycles. The summed E-state index contributed by atoms with van der Waals surface area (Å²) in [6.07, 6.45) is 0. The van der Waals surface area contributed by atoms with E-state index in [0.29, 0.717) is 3.57 Å². The van der Waals surface area contributed by atoms with Crippen molar-refractivity contribution in [1.29, 1.82) is 0 Å². The SMILES string of the molecule is O=C(c1ccc(F)c(F)c1Nc1ccc(I)cc1F)N1CC([OH2+])(CNc2ccc(O)cc2)C1. The van der Waals surface area contributed by atoms with E-state index in [2.05, 4.69) is 10.6 Å². The lowest BCUT2D eigenvalue weighted by Gasteiger charge is -2.43. The lowest BCUT2D eigenvalue weighted by molar-refractivity contribution is -0.0706. The predicted octanol–water partition coefficient (Wildman–Crippen LogP) is 4.19. The summed E-state index contributed by atoms with van der Waals surface area (Å²) >= 11 is 1.92. The second-order valence-corrected chi connectivity index (χ2v) is 9.12. The number of amides is 1. The lowest BCUT2D eigenvalue weighted by atomic mass is 9.92. The van der Waals surface area contributed by atoms with Crippen molar-refractivity contribution in [2.75, 3.05) is 30.3 Å². The molecule has 0 aliphatic carbocycles. The molecule has 0 saturated carbocycles. The van der Waals surface area contributed by atoms with Gasteiger partial charge >= 0.3 is 0 Å². The number of nitrogens with one attached hydrogen (secondary N) is 2. The minimum Gasteiger partial charge on any atom is -0.508 e.